The van der Waals surface area contributed by atoms with Crippen molar-refractivity contribution in [1.29, 1.82) is 0 Å². The lowest BCUT2D eigenvalue weighted by Crippen LogP contribution is -2.38. The van der Waals surface area contributed by atoms with Crippen LogP contribution in [0.4, 0.5) is 0 Å². The third kappa shape index (κ3) is 5.41. The predicted octanol–water partition coefficient (Wildman–Crippen LogP) is 4.52. The van der Waals surface area contributed by atoms with Crippen molar-refractivity contribution < 1.29 is 9.15 Å². The lowest BCUT2D eigenvalue weighted by atomic mass is 10.0. The maximum absolute atomic E-state index is 6.37. The van der Waals surface area contributed by atoms with Crippen molar-refractivity contribution in [2.45, 2.75) is 28.5 Å². The molecule has 0 bridgehead atoms. The molecule has 2 atom stereocenters. The minimum atomic E-state index is -0.0530. The summed E-state index contributed by atoms with van der Waals surface area (Å²) < 4.78 is 11.8. The number of ether oxygens (including phenoxy) is 1. The van der Waals surface area contributed by atoms with Crippen molar-refractivity contribution >= 4 is 29.1 Å². The number of hydrogen-bond donors (Lipinski definition) is 1. The van der Waals surface area contributed by atoms with Gasteiger partial charge in [0.2, 0.25) is 0 Å². The maximum Gasteiger partial charge on any atom is 0.170 e. The van der Waals surface area contributed by atoms with Gasteiger partial charge in [-0.25, -0.2) is 0 Å². The van der Waals surface area contributed by atoms with E-state index in [1.54, 1.807) is 11.8 Å². The van der Waals surface area contributed by atoms with E-state index >= 15 is 0 Å². The Labute approximate surface area is 204 Å². The van der Waals surface area contributed by atoms with E-state index in [0.717, 1.165) is 72.4 Å². The minimum Gasteiger partial charge on any atom is -0.452 e. The largest absolute Gasteiger partial charge is 0.452 e. The second kappa shape index (κ2) is 10.7. The minimum absolute atomic E-state index is 0.0396. The van der Waals surface area contributed by atoms with Crippen LogP contribution in [0.15, 0.2) is 81.3 Å². The van der Waals surface area contributed by atoms with Crippen LogP contribution < -0.4 is 5.32 Å². The van der Waals surface area contributed by atoms with Crippen molar-refractivity contribution in [3.8, 4) is 0 Å². The van der Waals surface area contributed by atoms with E-state index in [0.29, 0.717) is 0 Å². The Morgan fingerprint density at radius 1 is 1.00 bits per heavy atom. The quantitative estimate of drug-likeness (QED) is 0.473. The van der Waals surface area contributed by atoms with Gasteiger partial charge in [0, 0.05) is 37.3 Å². The smallest absolute Gasteiger partial charge is 0.170 e. The van der Waals surface area contributed by atoms with Gasteiger partial charge < -0.3 is 19.4 Å². The summed E-state index contributed by atoms with van der Waals surface area (Å²) in [6.45, 7) is 5.54. The Morgan fingerprint density at radius 2 is 1.82 bits per heavy atom. The van der Waals surface area contributed by atoms with Crippen LogP contribution in [0.2, 0.25) is 0 Å². The molecular weight excluding hydrogens is 452 g/mol. The molecule has 33 heavy (non-hydrogen) atoms. The number of furan rings is 1. The zero-order valence-corrected chi connectivity index (χ0v) is 20.1. The van der Waals surface area contributed by atoms with E-state index in [1.165, 1.54) is 0 Å². The first kappa shape index (κ1) is 22.4. The summed E-state index contributed by atoms with van der Waals surface area (Å²) in [6, 6.07) is 20.3. The van der Waals surface area contributed by atoms with Crippen molar-refractivity contribution in [2.75, 3.05) is 39.4 Å². The zero-order valence-electron chi connectivity index (χ0n) is 18.4. The molecule has 1 aromatic carbocycles. The van der Waals surface area contributed by atoms with Crippen molar-refractivity contribution in [3.63, 3.8) is 0 Å². The van der Waals surface area contributed by atoms with Gasteiger partial charge in [0.1, 0.15) is 11.8 Å². The predicted molar refractivity (Wildman–Crippen MR) is 133 cm³/mol. The highest BCUT2D eigenvalue weighted by Crippen LogP contribution is 2.41. The van der Waals surface area contributed by atoms with Crippen molar-refractivity contribution in [3.05, 3.63) is 78.3 Å². The SMILES string of the molecule is S=C1N[C@H](c2ccccn2)[C@@H](c2ccc(Sc3ccccc3)o2)N1CCCN1CCOCC1. The summed E-state index contributed by atoms with van der Waals surface area (Å²) in [7, 11) is 0. The Balaban J connectivity index is 1.35. The number of nitrogens with zero attached hydrogens (tertiary/aromatic N) is 3. The molecule has 5 rings (SSSR count). The monoisotopic (exact) mass is 480 g/mol. The normalized spacial score (nSPS) is 21.3. The van der Waals surface area contributed by atoms with Crippen LogP contribution in [0.3, 0.4) is 0 Å². The first-order chi connectivity index (χ1) is 16.3. The number of hydrogen-bond acceptors (Lipinski definition) is 6. The Morgan fingerprint density at radius 3 is 2.61 bits per heavy atom. The average Bonchev–Trinajstić information content (AvgIpc) is 3.45. The summed E-state index contributed by atoms with van der Waals surface area (Å²) in [6.07, 6.45) is 2.86. The first-order valence-corrected chi connectivity index (χ1v) is 12.6. The van der Waals surface area contributed by atoms with Crippen LogP contribution in [0.5, 0.6) is 0 Å². The molecule has 0 aliphatic carbocycles. The van der Waals surface area contributed by atoms with E-state index in [-0.39, 0.29) is 12.1 Å². The van der Waals surface area contributed by atoms with Crippen LogP contribution >= 0.6 is 24.0 Å². The van der Waals surface area contributed by atoms with Gasteiger partial charge in [-0.2, -0.15) is 0 Å². The molecule has 0 radical (unpaired) electrons. The fourth-order valence-electron chi connectivity index (χ4n) is 4.40. The van der Waals surface area contributed by atoms with Crippen molar-refractivity contribution in [1.82, 2.24) is 20.1 Å². The molecule has 0 saturated carbocycles. The molecule has 1 N–H and O–H groups in total. The fraction of sp³-hybridized carbons (Fsp3) is 0.360. The van der Waals surface area contributed by atoms with E-state index in [2.05, 4.69) is 44.4 Å². The standard InChI is InChI=1S/C25H28N4O2S2/c32-25-27-23(20-9-4-5-12-26-20)24(29(25)14-6-13-28-15-17-30-18-16-28)21-10-11-22(31-21)33-19-7-2-1-3-8-19/h1-5,7-12,23-24H,6,13-18H2,(H,27,32)/t23-,24-/m1/s1. The lowest BCUT2D eigenvalue weighted by molar-refractivity contribution is 0.0365. The third-order valence-corrected chi connectivity index (χ3v) is 7.31. The van der Waals surface area contributed by atoms with Gasteiger partial charge in [0.25, 0.3) is 0 Å². The molecular formula is C25H28N4O2S2. The third-order valence-electron chi connectivity index (χ3n) is 6.03. The van der Waals surface area contributed by atoms with Gasteiger partial charge in [0.05, 0.1) is 24.9 Å². The molecule has 2 fully saturated rings. The second-order valence-electron chi connectivity index (χ2n) is 8.20. The number of thiocarbonyl (C=S) groups is 1. The lowest BCUT2D eigenvalue weighted by Gasteiger charge is -2.29. The molecule has 0 amide bonds. The van der Waals surface area contributed by atoms with Crippen LogP contribution in [-0.2, 0) is 4.74 Å². The zero-order chi connectivity index (χ0) is 22.5. The number of nitrogens with one attached hydrogen (secondary N) is 1. The maximum atomic E-state index is 6.37. The van der Waals surface area contributed by atoms with Crippen LogP contribution in [0, 0.1) is 0 Å². The first-order valence-electron chi connectivity index (χ1n) is 11.4. The van der Waals surface area contributed by atoms with Crippen LogP contribution in [0.25, 0.3) is 0 Å². The number of aromatic nitrogens is 1. The molecule has 0 spiro atoms. The molecule has 2 aliphatic heterocycles. The fourth-order valence-corrected chi connectivity index (χ4v) is 5.53. The Kier molecular flexibility index (Phi) is 7.26. The van der Waals surface area contributed by atoms with Crippen LogP contribution in [-0.4, -0.2) is 59.3 Å². The number of pyridine rings is 1. The highest BCUT2D eigenvalue weighted by molar-refractivity contribution is 7.99. The van der Waals surface area contributed by atoms with Crippen LogP contribution in [0.1, 0.15) is 30.0 Å². The van der Waals surface area contributed by atoms with E-state index in [1.807, 2.05) is 42.6 Å². The molecule has 4 heterocycles. The topological polar surface area (TPSA) is 53.8 Å². The summed E-state index contributed by atoms with van der Waals surface area (Å²) in [5.74, 6) is 0.905. The molecule has 6 nitrogen and oxygen atoms in total. The Bertz CT molecular complexity index is 1040. The van der Waals surface area contributed by atoms with E-state index < -0.39 is 0 Å². The van der Waals surface area contributed by atoms with Gasteiger partial charge in [-0.1, -0.05) is 36.0 Å². The van der Waals surface area contributed by atoms with E-state index in [4.69, 9.17) is 21.4 Å². The molecule has 172 valence electrons. The summed E-state index contributed by atoms with van der Waals surface area (Å²) in [5.41, 5.74) is 0.967. The van der Waals surface area contributed by atoms with Crippen molar-refractivity contribution in [2.24, 2.45) is 0 Å². The van der Waals surface area contributed by atoms with E-state index in [9.17, 15) is 0 Å². The molecule has 2 saturated heterocycles. The highest BCUT2D eigenvalue weighted by atomic mass is 32.2. The average molecular weight is 481 g/mol. The molecule has 2 aromatic heterocycles. The number of rotatable bonds is 8. The number of morpholine rings is 1. The molecule has 3 aromatic rings. The highest BCUT2D eigenvalue weighted by Gasteiger charge is 2.41. The van der Waals surface area contributed by atoms with Gasteiger partial charge in [-0.3, -0.25) is 9.88 Å². The number of benzene rings is 1. The Hall–Kier alpha value is -2.39. The summed E-state index contributed by atoms with van der Waals surface area (Å²) in [5, 5.41) is 5.14. The summed E-state index contributed by atoms with van der Waals surface area (Å²) >= 11 is 7.41. The summed E-state index contributed by atoms with van der Waals surface area (Å²) in [4.78, 5) is 10.5. The molecule has 8 heteroatoms. The van der Waals surface area contributed by atoms with Gasteiger partial charge >= 0.3 is 0 Å². The second-order valence-corrected chi connectivity index (χ2v) is 9.66. The van der Waals surface area contributed by atoms with Gasteiger partial charge in [-0.05, 0) is 55.0 Å². The van der Waals surface area contributed by atoms with Gasteiger partial charge in [0.15, 0.2) is 10.2 Å². The van der Waals surface area contributed by atoms with Gasteiger partial charge in [-0.15, -0.1) is 0 Å². The molecule has 2 aliphatic rings. The molecule has 0 unspecified atom stereocenters.